The summed E-state index contributed by atoms with van der Waals surface area (Å²) < 4.78 is 1.97. The molecule has 162 valence electrons. The number of carbonyl (C=O) groups excluding carboxylic acids is 1. The van der Waals surface area contributed by atoms with E-state index in [0.29, 0.717) is 11.8 Å². The summed E-state index contributed by atoms with van der Waals surface area (Å²) in [5.41, 5.74) is 1.41. The van der Waals surface area contributed by atoms with Gasteiger partial charge in [-0.15, -0.1) is 11.3 Å². The summed E-state index contributed by atoms with van der Waals surface area (Å²) in [6.45, 7) is 3.01. The Hall–Kier alpha value is -1.34. The van der Waals surface area contributed by atoms with E-state index in [0.717, 1.165) is 60.4 Å². The van der Waals surface area contributed by atoms with Gasteiger partial charge in [-0.3, -0.25) is 14.2 Å². The molecule has 1 saturated carbocycles. The first-order valence-corrected chi connectivity index (χ1v) is 13.4. The Morgan fingerprint density at radius 1 is 1.10 bits per heavy atom. The fraction of sp³-hybridized carbons (Fsp3) is 0.696. The normalized spacial score (nSPS) is 22.6. The van der Waals surface area contributed by atoms with E-state index in [1.165, 1.54) is 54.3 Å². The van der Waals surface area contributed by atoms with Crippen LogP contribution in [0.2, 0.25) is 0 Å². The number of amides is 1. The molecule has 0 aromatic carbocycles. The third-order valence-electron chi connectivity index (χ3n) is 7.13. The van der Waals surface area contributed by atoms with E-state index in [4.69, 9.17) is 4.98 Å². The highest BCUT2D eigenvalue weighted by Crippen LogP contribution is 2.37. The monoisotopic (exact) mass is 445 g/mol. The topological polar surface area (TPSA) is 55.2 Å². The van der Waals surface area contributed by atoms with Gasteiger partial charge in [0.2, 0.25) is 5.91 Å². The molecular formula is C23H31N3O2S2. The van der Waals surface area contributed by atoms with Gasteiger partial charge in [-0.05, 0) is 70.3 Å². The zero-order chi connectivity index (χ0) is 20.7. The molecule has 3 heterocycles. The molecule has 2 fully saturated rings. The Labute approximate surface area is 186 Å². The number of nitrogens with zero attached hydrogens (tertiary/aromatic N) is 3. The number of piperidine rings is 1. The van der Waals surface area contributed by atoms with Gasteiger partial charge in [0.25, 0.3) is 5.56 Å². The lowest BCUT2D eigenvalue weighted by Crippen LogP contribution is -2.43. The number of hydrogen-bond acceptors (Lipinski definition) is 5. The number of carbonyl (C=O) groups is 1. The highest BCUT2D eigenvalue weighted by Gasteiger charge is 2.28. The fourth-order valence-electron chi connectivity index (χ4n) is 5.46. The molecule has 2 aromatic heterocycles. The van der Waals surface area contributed by atoms with Crippen LogP contribution >= 0.6 is 23.1 Å². The second-order valence-corrected chi connectivity index (χ2v) is 11.1. The summed E-state index contributed by atoms with van der Waals surface area (Å²) in [6, 6.07) is 0.559. The van der Waals surface area contributed by atoms with Crippen molar-refractivity contribution in [2.24, 2.45) is 0 Å². The lowest BCUT2D eigenvalue weighted by molar-refractivity contribution is -0.131. The third kappa shape index (κ3) is 3.72. The van der Waals surface area contributed by atoms with Crippen LogP contribution in [0.5, 0.6) is 0 Å². The van der Waals surface area contributed by atoms with E-state index >= 15 is 0 Å². The van der Waals surface area contributed by atoms with Crippen LogP contribution in [0.3, 0.4) is 0 Å². The maximum atomic E-state index is 13.7. The van der Waals surface area contributed by atoms with Crippen LogP contribution in [0.1, 0.15) is 81.2 Å². The zero-order valence-corrected chi connectivity index (χ0v) is 19.5. The van der Waals surface area contributed by atoms with Crippen molar-refractivity contribution in [3.8, 4) is 0 Å². The van der Waals surface area contributed by atoms with Gasteiger partial charge in [0.1, 0.15) is 4.83 Å². The van der Waals surface area contributed by atoms with Crippen LogP contribution in [0, 0.1) is 0 Å². The van der Waals surface area contributed by atoms with Crippen LogP contribution < -0.4 is 5.56 Å². The van der Waals surface area contributed by atoms with Crippen molar-refractivity contribution in [1.82, 2.24) is 14.5 Å². The molecular weight excluding hydrogens is 414 g/mol. The fourth-order valence-corrected chi connectivity index (χ4v) is 7.72. The number of thiophene rings is 1. The van der Waals surface area contributed by atoms with Crippen molar-refractivity contribution >= 4 is 39.2 Å². The predicted octanol–water partition coefficient (Wildman–Crippen LogP) is 4.95. The molecule has 1 unspecified atom stereocenters. The summed E-state index contributed by atoms with van der Waals surface area (Å²) in [5.74, 6) is 0.560. The van der Waals surface area contributed by atoms with Crippen LogP contribution in [0.15, 0.2) is 9.95 Å². The first-order chi connectivity index (χ1) is 14.6. The zero-order valence-electron chi connectivity index (χ0n) is 17.8. The maximum absolute atomic E-state index is 13.7. The van der Waals surface area contributed by atoms with Crippen molar-refractivity contribution in [3.63, 3.8) is 0 Å². The number of likely N-dealkylation sites (tertiary alicyclic amines) is 1. The van der Waals surface area contributed by atoms with E-state index in [2.05, 4.69) is 6.92 Å². The van der Waals surface area contributed by atoms with Crippen LogP contribution in [-0.4, -0.2) is 38.7 Å². The molecule has 0 bridgehead atoms. The molecule has 3 aliphatic rings. The highest BCUT2D eigenvalue weighted by atomic mass is 32.2. The number of rotatable bonds is 4. The molecule has 1 atom stereocenters. The van der Waals surface area contributed by atoms with Crippen LogP contribution in [0.25, 0.3) is 10.2 Å². The van der Waals surface area contributed by atoms with Crippen molar-refractivity contribution in [3.05, 3.63) is 20.8 Å². The number of fused-ring (bicyclic) bond motifs is 3. The van der Waals surface area contributed by atoms with Gasteiger partial charge in [0.15, 0.2) is 5.16 Å². The van der Waals surface area contributed by atoms with E-state index in [9.17, 15) is 9.59 Å². The molecule has 2 aromatic rings. The quantitative estimate of drug-likeness (QED) is 0.494. The van der Waals surface area contributed by atoms with Crippen molar-refractivity contribution < 1.29 is 4.79 Å². The van der Waals surface area contributed by atoms with Gasteiger partial charge in [0, 0.05) is 23.5 Å². The molecule has 1 saturated heterocycles. The summed E-state index contributed by atoms with van der Waals surface area (Å²) in [5, 5.41) is 1.64. The average molecular weight is 446 g/mol. The number of aryl methyl sites for hydroxylation is 2. The molecule has 0 radical (unpaired) electrons. The van der Waals surface area contributed by atoms with E-state index in [1.54, 1.807) is 11.3 Å². The molecule has 0 spiro atoms. The predicted molar refractivity (Wildman–Crippen MR) is 124 cm³/mol. The minimum Gasteiger partial charge on any atom is -0.339 e. The summed E-state index contributed by atoms with van der Waals surface area (Å²) in [4.78, 5) is 35.9. The lowest BCUT2D eigenvalue weighted by Gasteiger charge is -2.33. The Bertz CT molecular complexity index is 1010. The van der Waals surface area contributed by atoms with Gasteiger partial charge in [0.05, 0.1) is 11.1 Å². The third-order valence-corrected chi connectivity index (χ3v) is 9.25. The molecule has 30 heavy (non-hydrogen) atoms. The molecule has 1 amide bonds. The van der Waals surface area contributed by atoms with E-state index in [1.807, 2.05) is 9.47 Å². The van der Waals surface area contributed by atoms with Crippen molar-refractivity contribution in [2.75, 3.05) is 12.3 Å². The van der Waals surface area contributed by atoms with Crippen molar-refractivity contribution in [1.29, 1.82) is 0 Å². The van der Waals surface area contributed by atoms with Gasteiger partial charge >= 0.3 is 0 Å². The van der Waals surface area contributed by atoms with Crippen molar-refractivity contribution in [2.45, 2.75) is 94.8 Å². The van der Waals surface area contributed by atoms with Gasteiger partial charge in [-0.25, -0.2) is 4.98 Å². The lowest BCUT2D eigenvalue weighted by atomic mass is 9.97. The molecule has 1 aliphatic heterocycles. The Morgan fingerprint density at radius 2 is 1.87 bits per heavy atom. The Kier molecular flexibility index (Phi) is 5.93. The largest absolute Gasteiger partial charge is 0.339 e. The number of thioether (sulfide) groups is 1. The second kappa shape index (κ2) is 8.65. The summed E-state index contributed by atoms with van der Waals surface area (Å²) >= 11 is 3.19. The minimum absolute atomic E-state index is 0.146. The standard InChI is InChI=1S/C23H31N3O2S2/c1-15-8-6-7-13-25(15)19(27)14-29-23-24-21-20(17-11-4-5-12-18(17)30-21)22(28)26(23)16-9-2-3-10-16/h15-16H,2-14H2,1H3. The van der Waals surface area contributed by atoms with Crippen LogP contribution in [-0.2, 0) is 17.6 Å². The average Bonchev–Trinajstić information content (AvgIpc) is 3.40. The Morgan fingerprint density at radius 3 is 2.67 bits per heavy atom. The second-order valence-electron chi connectivity index (χ2n) is 9.12. The smallest absolute Gasteiger partial charge is 0.263 e. The first-order valence-electron chi connectivity index (χ1n) is 11.6. The summed E-state index contributed by atoms with van der Waals surface area (Å²) in [7, 11) is 0. The van der Waals surface area contributed by atoms with Crippen LogP contribution in [0.4, 0.5) is 0 Å². The van der Waals surface area contributed by atoms with Gasteiger partial charge < -0.3 is 4.90 Å². The van der Waals surface area contributed by atoms with Gasteiger partial charge in [-0.1, -0.05) is 24.6 Å². The molecule has 0 N–H and O–H groups in total. The van der Waals surface area contributed by atoms with E-state index < -0.39 is 0 Å². The number of aromatic nitrogens is 2. The maximum Gasteiger partial charge on any atom is 0.263 e. The molecule has 5 nitrogen and oxygen atoms in total. The van der Waals surface area contributed by atoms with Gasteiger partial charge in [-0.2, -0.15) is 0 Å². The molecule has 7 heteroatoms. The number of hydrogen-bond donors (Lipinski definition) is 0. The minimum atomic E-state index is 0.146. The molecule has 5 rings (SSSR count). The molecule has 2 aliphatic carbocycles. The van der Waals surface area contributed by atoms with E-state index in [-0.39, 0.29) is 17.5 Å². The first kappa shape index (κ1) is 20.6. The summed E-state index contributed by atoms with van der Waals surface area (Å²) in [6.07, 6.45) is 12.3. The SMILES string of the molecule is CC1CCCCN1C(=O)CSc1nc2sc3c(c2c(=O)n1C1CCCC1)CCCC3. The highest BCUT2D eigenvalue weighted by molar-refractivity contribution is 7.99. The Balaban J connectivity index is 1.49.